The summed E-state index contributed by atoms with van der Waals surface area (Å²) in [4.78, 5) is 14.3. The third-order valence-corrected chi connectivity index (χ3v) is 4.19. The maximum absolute atomic E-state index is 12.3. The van der Waals surface area contributed by atoms with Gasteiger partial charge < -0.3 is 9.47 Å². The maximum atomic E-state index is 12.3. The number of carbonyl (C=O) groups is 1. The van der Waals surface area contributed by atoms with E-state index in [0.717, 1.165) is 25.9 Å². The summed E-state index contributed by atoms with van der Waals surface area (Å²) in [7, 11) is 0. The third-order valence-electron chi connectivity index (χ3n) is 4.19. The molecule has 1 amide bonds. The number of aryl methyl sites for hydroxylation is 2. The van der Waals surface area contributed by atoms with Gasteiger partial charge in [-0.3, -0.25) is 4.79 Å². The highest BCUT2D eigenvalue weighted by Gasteiger charge is 2.27. The minimum atomic E-state index is 0.0849. The van der Waals surface area contributed by atoms with E-state index >= 15 is 0 Å². The number of carbonyl (C=O) groups excluding carboxylic acids is 1. The van der Waals surface area contributed by atoms with Gasteiger partial charge in [0.2, 0.25) is 5.91 Å². The van der Waals surface area contributed by atoms with Crippen molar-refractivity contribution < 1.29 is 4.79 Å². The van der Waals surface area contributed by atoms with Gasteiger partial charge in [-0.1, -0.05) is 20.8 Å². The van der Waals surface area contributed by atoms with E-state index in [-0.39, 0.29) is 5.41 Å². The molecule has 1 fully saturated rings. The summed E-state index contributed by atoms with van der Waals surface area (Å²) >= 11 is 0. The zero-order chi connectivity index (χ0) is 14.9. The van der Waals surface area contributed by atoms with Crippen molar-refractivity contribution in [3.05, 3.63) is 23.5 Å². The topological polar surface area (TPSA) is 25.2 Å². The Bertz CT molecular complexity index is 454. The largest absolute Gasteiger partial charge is 0.346 e. The van der Waals surface area contributed by atoms with Crippen molar-refractivity contribution in [3.8, 4) is 0 Å². The quantitative estimate of drug-likeness (QED) is 0.808. The van der Waals surface area contributed by atoms with Crippen LogP contribution in [0.4, 0.5) is 0 Å². The SMILES string of the molecule is Cc1ccc(C)n1C1CCN(C(=O)CC(C)(C)C)CC1. The highest BCUT2D eigenvalue weighted by molar-refractivity contribution is 5.76. The number of hydrogen-bond acceptors (Lipinski definition) is 1. The van der Waals surface area contributed by atoms with Gasteiger partial charge in [0.25, 0.3) is 0 Å². The first-order chi connectivity index (χ1) is 9.28. The number of nitrogens with zero attached hydrogens (tertiary/aromatic N) is 2. The minimum Gasteiger partial charge on any atom is -0.346 e. The van der Waals surface area contributed by atoms with Crippen molar-refractivity contribution >= 4 is 5.91 Å². The molecule has 0 spiro atoms. The fraction of sp³-hybridized carbons (Fsp3) is 0.706. The zero-order valence-electron chi connectivity index (χ0n) is 13.6. The summed E-state index contributed by atoms with van der Waals surface area (Å²) in [5.41, 5.74) is 2.76. The molecule has 0 aromatic carbocycles. The van der Waals surface area contributed by atoms with Crippen LogP contribution in [-0.2, 0) is 4.79 Å². The van der Waals surface area contributed by atoms with E-state index in [0.29, 0.717) is 18.4 Å². The summed E-state index contributed by atoms with van der Waals surface area (Å²) in [6, 6.07) is 4.93. The molecule has 0 saturated carbocycles. The van der Waals surface area contributed by atoms with Crippen LogP contribution >= 0.6 is 0 Å². The van der Waals surface area contributed by atoms with Gasteiger partial charge in [-0.25, -0.2) is 0 Å². The molecule has 2 rings (SSSR count). The molecule has 2 heterocycles. The van der Waals surface area contributed by atoms with Crippen LogP contribution in [-0.4, -0.2) is 28.5 Å². The lowest BCUT2D eigenvalue weighted by Crippen LogP contribution is -2.40. The summed E-state index contributed by atoms with van der Waals surface area (Å²) in [5.74, 6) is 0.317. The molecule has 1 aliphatic heterocycles. The number of hydrogen-bond donors (Lipinski definition) is 0. The standard InChI is InChI=1S/C17H28N2O/c1-13-6-7-14(2)19(13)15-8-10-18(11-9-15)16(20)12-17(3,4)5/h6-7,15H,8-12H2,1-5H3. The molecule has 0 bridgehead atoms. The van der Waals surface area contributed by atoms with Gasteiger partial charge in [-0.15, -0.1) is 0 Å². The van der Waals surface area contributed by atoms with Gasteiger partial charge >= 0.3 is 0 Å². The lowest BCUT2D eigenvalue weighted by atomic mass is 9.91. The van der Waals surface area contributed by atoms with Gasteiger partial charge in [0.1, 0.15) is 0 Å². The third kappa shape index (κ3) is 3.44. The van der Waals surface area contributed by atoms with Gasteiger partial charge in [-0.2, -0.15) is 0 Å². The molecule has 0 unspecified atom stereocenters. The Labute approximate surface area is 123 Å². The number of piperidine rings is 1. The van der Waals surface area contributed by atoms with Crippen molar-refractivity contribution in [3.63, 3.8) is 0 Å². The molecule has 3 heteroatoms. The Morgan fingerprint density at radius 3 is 2.10 bits per heavy atom. The highest BCUT2D eigenvalue weighted by Crippen LogP contribution is 2.28. The van der Waals surface area contributed by atoms with Crippen molar-refractivity contribution in [1.82, 2.24) is 9.47 Å². The van der Waals surface area contributed by atoms with E-state index < -0.39 is 0 Å². The predicted octanol–water partition coefficient (Wildman–Crippen LogP) is 3.70. The van der Waals surface area contributed by atoms with E-state index in [1.54, 1.807) is 0 Å². The van der Waals surface area contributed by atoms with Crippen LogP contribution in [0.5, 0.6) is 0 Å². The van der Waals surface area contributed by atoms with E-state index in [9.17, 15) is 4.79 Å². The smallest absolute Gasteiger partial charge is 0.223 e. The molecular weight excluding hydrogens is 248 g/mol. The molecule has 112 valence electrons. The Kier molecular flexibility index (Phi) is 4.26. The molecule has 1 saturated heterocycles. The normalized spacial score (nSPS) is 17.6. The van der Waals surface area contributed by atoms with Crippen molar-refractivity contribution in [2.24, 2.45) is 5.41 Å². The molecule has 1 aromatic heterocycles. The molecule has 1 aliphatic rings. The van der Waals surface area contributed by atoms with E-state index in [1.807, 2.05) is 0 Å². The summed E-state index contributed by atoms with van der Waals surface area (Å²) < 4.78 is 2.44. The van der Waals surface area contributed by atoms with Gasteiger partial charge in [0.05, 0.1) is 0 Å². The van der Waals surface area contributed by atoms with Crippen LogP contribution in [0.3, 0.4) is 0 Å². The summed E-state index contributed by atoms with van der Waals surface area (Å²) in [6.45, 7) is 12.5. The van der Waals surface area contributed by atoms with E-state index in [1.165, 1.54) is 11.4 Å². The van der Waals surface area contributed by atoms with Gasteiger partial charge in [0, 0.05) is 36.9 Å². The number of likely N-dealkylation sites (tertiary alicyclic amines) is 1. The number of rotatable bonds is 2. The average molecular weight is 276 g/mol. The van der Waals surface area contributed by atoms with Crippen molar-refractivity contribution in [2.45, 2.75) is 59.9 Å². The number of amides is 1. The summed E-state index contributed by atoms with van der Waals surface area (Å²) in [5, 5.41) is 0. The Hall–Kier alpha value is -1.25. The van der Waals surface area contributed by atoms with E-state index in [4.69, 9.17) is 0 Å². The lowest BCUT2D eigenvalue weighted by molar-refractivity contribution is -0.134. The first kappa shape index (κ1) is 15.1. The Morgan fingerprint density at radius 2 is 1.65 bits per heavy atom. The van der Waals surface area contributed by atoms with Gasteiger partial charge in [-0.05, 0) is 44.2 Å². The van der Waals surface area contributed by atoms with Gasteiger partial charge in [0.15, 0.2) is 0 Å². The number of aromatic nitrogens is 1. The van der Waals surface area contributed by atoms with Crippen LogP contribution in [0.2, 0.25) is 0 Å². The molecule has 0 radical (unpaired) electrons. The molecule has 1 aromatic rings. The second-order valence-electron chi connectivity index (χ2n) is 7.34. The zero-order valence-corrected chi connectivity index (χ0v) is 13.6. The Balaban J connectivity index is 1.94. The van der Waals surface area contributed by atoms with Crippen molar-refractivity contribution in [2.75, 3.05) is 13.1 Å². The fourth-order valence-electron chi connectivity index (χ4n) is 3.19. The molecule has 0 N–H and O–H groups in total. The van der Waals surface area contributed by atoms with E-state index in [2.05, 4.69) is 56.2 Å². The van der Waals surface area contributed by atoms with Crippen LogP contribution in [0.15, 0.2) is 12.1 Å². The fourth-order valence-corrected chi connectivity index (χ4v) is 3.19. The average Bonchev–Trinajstić information content (AvgIpc) is 2.67. The predicted molar refractivity (Wildman–Crippen MR) is 82.8 cm³/mol. The lowest BCUT2D eigenvalue weighted by Gasteiger charge is -2.35. The molecule has 20 heavy (non-hydrogen) atoms. The molecule has 0 aliphatic carbocycles. The first-order valence-electron chi connectivity index (χ1n) is 7.70. The van der Waals surface area contributed by atoms with Crippen LogP contribution in [0.1, 0.15) is 57.5 Å². The second kappa shape index (κ2) is 5.63. The molecule has 3 nitrogen and oxygen atoms in total. The van der Waals surface area contributed by atoms with Crippen LogP contribution < -0.4 is 0 Å². The van der Waals surface area contributed by atoms with Crippen LogP contribution in [0, 0.1) is 19.3 Å². The second-order valence-corrected chi connectivity index (χ2v) is 7.34. The first-order valence-corrected chi connectivity index (χ1v) is 7.70. The van der Waals surface area contributed by atoms with Crippen LogP contribution in [0.25, 0.3) is 0 Å². The monoisotopic (exact) mass is 276 g/mol. The maximum Gasteiger partial charge on any atom is 0.223 e. The Morgan fingerprint density at radius 1 is 1.15 bits per heavy atom. The molecular formula is C17H28N2O. The minimum absolute atomic E-state index is 0.0849. The summed E-state index contributed by atoms with van der Waals surface area (Å²) in [6.07, 6.45) is 2.80. The molecule has 0 atom stereocenters. The van der Waals surface area contributed by atoms with Crippen molar-refractivity contribution in [1.29, 1.82) is 0 Å². The highest BCUT2D eigenvalue weighted by atomic mass is 16.2.